The van der Waals surface area contributed by atoms with Gasteiger partial charge in [0, 0.05) is 47.3 Å². The smallest absolute Gasteiger partial charge is 0.266 e. The van der Waals surface area contributed by atoms with E-state index in [0.29, 0.717) is 29.4 Å². The van der Waals surface area contributed by atoms with E-state index in [1.54, 1.807) is 44.6 Å². The number of benzene rings is 2. The molecular formula is C25H30N4O5S2. The van der Waals surface area contributed by atoms with Crippen LogP contribution in [0.15, 0.2) is 47.6 Å². The molecule has 0 saturated carbocycles. The summed E-state index contributed by atoms with van der Waals surface area (Å²) >= 11 is 1.02. The van der Waals surface area contributed by atoms with Crippen molar-refractivity contribution in [2.45, 2.75) is 43.2 Å². The molecule has 0 radical (unpaired) electrons. The van der Waals surface area contributed by atoms with Crippen LogP contribution in [0.5, 0.6) is 17.2 Å². The van der Waals surface area contributed by atoms with Gasteiger partial charge < -0.3 is 14.2 Å². The van der Waals surface area contributed by atoms with Crippen LogP contribution in [0.4, 0.5) is 5.13 Å². The Morgan fingerprint density at radius 3 is 2.67 bits per heavy atom. The first-order valence-electron chi connectivity index (χ1n) is 12.0. The molecule has 1 fully saturated rings. The first kappa shape index (κ1) is 24.8. The first-order valence-corrected chi connectivity index (χ1v) is 14.2. The molecule has 0 spiro atoms. The van der Waals surface area contributed by atoms with Crippen molar-refractivity contribution in [3.8, 4) is 17.2 Å². The van der Waals surface area contributed by atoms with Crippen LogP contribution >= 0.6 is 11.5 Å². The average Bonchev–Trinajstić information content (AvgIpc) is 3.46. The van der Waals surface area contributed by atoms with Gasteiger partial charge in [-0.25, -0.2) is 17.7 Å². The number of hydrogen-bond donors (Lipinski definition) is 0. The van der Waals surface area contributed by atoms with Crippen molar-refractivity contribution in [3.05, 3.63) is 53.9 Å². The van der Waals surface area contributed by atoms with Crippen molar-refractivity contribution in [1.29, 1.82) is 0 Å². The number of fused-ring (bicyclic) bond motifs is 1. The molecule has 0 amide bonds. The van der Waals surface area contributed by atoms with Gasteiger partial charge in [-0.2, -0.15) is 4.37 Å². The summed E-state index contributed by atoms with van der Waals surface area (Å²) in [5, 5.41) is 0.276. The fourth-order valence-corrected chi connectivity index (χ4v) is 7.06. The van der Waals surface area contributed by atoms with Gasteiger partial charge in [0.25, 0.3) is 10.0 Å². The van der Waals surface area contributed by atoms with E-state index < -0.39 is 10.0 Å². The summed E-state index contributed by atoms with van der Waals surface area (Å²) in [6.45, 7) is 2.73. The van der Waals surface area contributed by atoms with E-state index in [1.165, 1.54) is 29.9 Å². The summed E-state index contributed by atoms with van der Waals surface area (Å²) in [4.78, 5) is 6.86. The maximum atomic E-state index is 14.0. The van der Waals surface area contributed by atoms with Crippen molar-refractivity contribution in [3.63, 3.8) is 0 Å². The second-order valence-corrected chi connectivity index (χ2v) is 11.5. The van der Waals surface area contributed by atoms with E-state index >= 15 is 0 Å². The Bertz CT molecular complexity index is 1290. The van der Waals surface area contributed by atoms with Gasteiger partial charge in [-0.15, -0.1) is 0 Å². The lowest BCUT2D eigenvalue weighted by atomic mass is 9.97. The first-order chi connectivity index (χ1) is 17.5. The Hall–Kier alpha value is -2.89. The van der Waals surface area contributed by atoms with Gasteiger partial charge in [0.05, 0.1) is 32.3 Å². The Morgan fingerprint density at radius 2 is 1.94 bits per heavy atom. The molecule has 36 heavy (non-hydrogen) atoms. The second-order valence-electron chi connectivity index (χ2n) is 8.86. The molecule has 2 aromatic carbocycles. The van der Waals surface area contributed by atoms with E-state index in [4.69, 9.17) is 14.2 Å². The van der Waals surface area contributed by atoms with Crippen LogP contribution in [0.2, 0.25) is 0 Å². The number of methoxy groups -OCH3 is 2. The number of anilines is 1. The third-order valence-electron chi connectivity index (χ3n) is 6.78. The summed E-state index contributed by atoms with van der Waals surface area (Å²) in [5.41, 5.74) is 1.73. The van der Waals surface area contributed by atoms with E-state index in [9.17, 15) is 8.42 Å². The average molecular weight is 531 g/mol. The standard InChI is InChI=1S/C25H30N4O5S2/c1-32-19-7-6-18(23(14-19)33-2)16-29(25-26-17-27-35-25)36(30,31)20-8-9-21-22(10-13-34-24(21)15-20)28-11-4-3-5-12-28/h6-9,14-15,17,22H,3-5,10-13,16H2,1-2H3/t22-/m1/s1. The van der Waals surface area contributed by atoms with Gasteiger partial charge >= 0.3 is 0 Å². The summed E-state index contributed by atoms with van der Waals surface area (Å²) < 4.78 is 50.0. The minimum Gasteiger partial charge on any atom is -0.497 e. The number of aromatic nitrogens is 2. The largest absolute Gasteiger partial charge is 0.497 e. The third-order valence-corrected chi connectivity index (χ3v) is 9.32. The molecule has 1 atom stereocenters. The number of likely N-dealkylation sites (tertiary alicyclic amines) is 1. The van der Waals surface area contributed by atoms with E-state index in [-0.39, 0.29) is 22.6 Å². The van der Waals surface area contributed by atoms with Crippen molar-refractivity contribution < 1.29 is 22.6 Å². The molecule has 3 heterocycles. The highest BCUT2D eigenvalue weighted by molar-refractivity contribution is 7.93. The zero-order valence-corrected chi connectivity index (χ0v) is 22.1. The number of nitrogens with zero attached hydrogens (tertiary/aromatic N) is 4. The van der Waals surface area contributed by atoms with Gasteiger partial charge in [-0.05, 0) is 44.1 Å². The number of sulfonamides is 1. The molecule has 0 unspecified atom stereocenters. The normalized spacial score (nSPS) is 18.2. The van der Waals surface area contributed by atoms with E-state index in [0.717, 1.165) is 36.6 Å². The molecule has 192 valence electrons. The van der Waals surface area contributed by atoms with Crippen LogP contribution in [0.3, 0.4) is 0 Å². The summed E-state index contributed by atoms with van der Waals surface area (Å²) in [6.07, 6.45) is 5.93. The van der Waals surface area contributed by atoms with Gasteiger partial charge in [0.1, 0.15) is 23.6 Å². The lowest BCUT2D eigenvalue weighted by Gasteiger charge is -2.38. The quantitative estimate of drug-likeness (QED) is 0.427. The fourth-order valence-electron chi connectivity index (χ4n) is 4.92. The highest BCUT2D eigenvalue weighted by Gasteiger charge is 2.32. The van der Waals surface area contributed by atoms with Crippen LogP contribution in [0.1, 0.15) is 42.9 Å². The van der Waals surface area contributed by atoms with Crippen molar-refractivity contribution >= 4 is 26.7 Å². The van der Waals surface area contributed by atoms with Crippen molar-refractivity contribution in [1.82, 2.24) is 14.3 Å². The molecule has 3 aromatic rings. The maximum Gasteiger partial charge on any atom is 0.266 e. The molecule has 0 N–H and O–H groups in total. The Kier molecular flexibility index (Phi) is 7.31. The molecule has 5 rings (SSSR count). The SMILES string of the molecule is COc1ccc(CN(c2ncns2)S(=O)(=O)c2ccc3c(c2)OCC[C@H]3N2CCCCC2)c(OC)c1. The van der Waals surface area contributed by atoms with Crippen LogP contribution in [0, 0.1) is 0 Å². The topological polar surface area (TPSA) is 94.1 Å². The molecular weight excluding hydrogens is 500 g/mol. The Balaban J connectivity index is 1.49. The zero-order chi connectivity index (χ0) is 25.1. The Labute approximate surface area is 215 Å². The molecule has 2 aliphatic rings. The van der Waals surface area contributed by atoms with Crippen LogP contribution in [0.25, 0.3) is 0 Å². The number of rotatable bonds is 8. The zero-order valence-electron chi connectivity index (χ0n) is 20.4. The predicted molar refractivity (Wildman–Crippen MR) is 138 cm³/mol. The lowest BCUT2D eigenvalue weighted by molar-refractivity contribution is 0.119. The third kappa shape index (κ3) is 4.87. The van der Waals surface area contributed by atoms with Crippen LogP contribution < -0.4 is 18.5 Å². The molecule has 1 saturated heterocycles. The van der Waals surface area contributed by atoms with Gasteiger partial charge in [0.2, 0.25) is 5.13 Å². The highest BCUT2D eigenvalue weighted by atomic mass is 32.2. The minimum absolute atomic E-state index is 0.0268. The molecule has 0 aliphatic carbocycles. The van der Waals surface area contributed by atoms with E-state index in [2.05, 4.69) is 14.3 Å². The second kappa shape index (κ2) is 10.6. The Morgan fingerprint density at radius 1 is 1.11 bits per heavy atom. The number of hydrogen-bond acceptors (Lipinski definition) is 9. The maximum absolute atomic E-state index is 14.0. The van der Waals surface area contributed by atoms with Crippen LogP contribution in [-0.4, -0.2) is 56.6 Å². The lowest BCUT2D eigenvalue weighted by Crippen LogP contribution is -2.36. The van der Waals surface area contributed by atoms with Crippen molar-refractivity contribution in [2.75, 3.05) is 38.2 Å². The summed E-state index contributed by atoms with van der Waals surface area (Å²) in [6, 6.07) is 10.8. The van der Waals surface area contributed by atoms with Crippen molar-refractivity contribution in [2.24, 2.45) is 0 Å². The van der Waals surface area contributed by atoms with Gasteiger partial charge in [-0.1, -0.05) is 12.5 Å². The molecule has 2 aliphatic heterocycles. The highest BCUT2D eigenvalue weighted by Crippen LogP contribution is 2.40. The molecule has 11 heteroatoms. The minimum atomic E-state index is -3.98. The number of piperidine rings is 1. The molecule has 1 aromatic heterocycles. The monoisotopic (exact) mass is 530 g/mol. The van der Waals surface area contributed by atoms with Crippen LogP contribution in [-0.2, 0) is 16.6 Å². The predicted octanol–water partition coefficient (Wildman–Crippen LogP) is 4.26. The fraction of sp³-hybridized carbons (Fsp3) is 0.440. The molecule has 0 bridgehead atoms. The summed E-state index contributed by atoms with van der Waals surface area (Å²) in [7, 11) is -0.865. The van der Waals surface area contributed by atoms with E-state index in [1.807, 2.05) is 6.07 Å². The summed E-state index contributed by atoms with van der Waals surface area (Å²) in [5.74, 6) is 1.78. The van der Waals surface area contributed by atoms with Gasteiger partial charge in [0.15, 0.2) is 0 Å². The molecule has 9 nitrogen and oxygen atoms in total. The van der Waals surface area contributed by atoms with Gasteiger partial charge in [-0.3, -0.25) is 4.90 Å². The number of ether oxygens (including phenoxy) is 3.